The van der Waals surface area contributed by atoms with Crippen molar-refractivity contribution < 1.29 is 0 Å². The first-order valence-electron chi connectivity index (χ1n) is 4.00. The molecule has 0 saturated carbocycles. The maximum atomic E-state index is 2.22. The standard InChI is InChI=1S/C8H20N2S/c1-9(2)5-7-11-8-6-10(3)4/h5-8H2,1-4H3. The zero-order valence-electron chi connectivity index (χ0n) is 8.13. The fraction of sp³-hybridized carbons (Fsp3) is 1.00. The summed E-state index contributed by atoms with van der Waals surface area (Å²) < 4.78 is 0. The van der Waals surface area contributed by atoms with Crippen LogP contribution < -0.4 is 0 Å². The fourth-order valence-corrected chi connectivity index (χ4v) is 1.79. The number of hydrogen-bond donors (Lipinski definition) is 0. The molecule has 3 heteroatoms. The summed E-state index contributed by atoms with van der Waals surface area (Å²) in [6.07, 6.45) is 0. The topological polar surface area (TPSA) is 6.48 Å². The molecule has 0 aliphatic heterocycles. The third kappa shape index (κ3) is 10.3. The molecule has 0 fully saturated rings. The predicted molar refractivity (Wildman–Crippen MR) is 54.4 cm³/mol. The summed E-state index contributed by atoms with van der Waals surface area (Å²) in [6.45, 7) is 2.39. The molecule has 0 heterocycles. The molecule has 0 N–H and O–H groups in total. The maximum absolute atomic E-state index is 2.22. The molecule has 0 rings (SSSR count). The predicted octanol–water partition coefficient (Wildman–Crippen LogP) is 0.843. The first-order chi connectivity index (χ1) is 5.13. The molecule has 0 atom stereocenters. The lowest BCUT2D eigenvalue weighted by Crippen LogP contribution is -2.18. The van der Waals surface area contributed by atoms with E-state index in [1.807, 2.05) is 11.8 Å². The van der Waals surface area contributed by atoms with E-state index < -0.39 is 0 Å². The zero-order chi connectivity index (χ0) is 8.69. The van der Waals surface area contributed by atoms with Gasteiger partial charge in [-0.2, -0.15) is 11.8 Å². The van der Waals surface area contributed by atoms with Crippen LogP contribution in [0.5, 0.6) is 0 Å². The van der Waals surface area contributed by atoms with Gasteiger partial charge < -0.3 is 9.80 Å². The van der Waals surface area contributed by atoms with Crippen molar-refractivity contribution in [2.45, 2.75) is 0 Å². The Bertz CT molecular complexity index is 74.2. The molecule has 11 heavy (non-hydrogen) atoms. The second-order valence-electron chi connectivity index (χ2n) is 3.22. The van der Waals surface area contributed by atoms with Crippen LogP contribution in [0.4, 0.5) is 0 Å². The van der Waals surface area contributed by atoms with Crippen LogP contribution in [-0.2, 0) is 0 Å². The van der Waals surface area contributed by atoms with E-state index in [9.17, 15) is 0 Å². The van der Waals surface area contributed by atoms with Gasteiger partial charge in [0.05, 0.1) is 0 Å². The fourth-order valence-electron chi connectivity index (χ4n) is 0.596. The summed E-state index contributed by atoms with van der Waals surface area (Å²) in [5.41, 5.74) is 0. The molecule has 0 aromatic carbocycles. The Hall–Kier alpha value is 0.270. The second kappa shape index (κ2) is 6.95. The van der Waals surface area contributed by atoms with E-state index in [0.717, 1.165) is 0 Å². The molecule has 0 amide bonds. The van der Waals surface area contributed by atoms with Crippen LogP contribution in [0.1, 0.15) is 0 Å². The minimum atomic E-state index is 1.19. The summed E-state index contributed by atoms with van der Waals surface area (Å²) in [7, 11) is 8.47. The molecule has 0 unspecified atom stereocenters. The van der Waals surface area contributed by atoms with Crippen LogP contribution in [0, 0.1) is 0 Å². The number of rotatable bonds is 6. The van der Waals surface area contributed by atoms with Gasteiger partial charge in [-0.25, -0.2) is 0 Å². The molecule has 0 aromatic rings. The molecule has 0 aromatic heterocycles. The van der Waals surface area contributed by atoms with Gasteiger partial charge >= 0.3 is 0 Å². The van der Waals surface area contributed by atoms with Crippen LogP contribution in [0.15, 0.2) is 0 Å². The van der Waals surface area contributed by atoms with Crippen molar-refractivity contribution in [1.82, 2.24) is 9.80 Å². The van der Waals surface area contributed by atoms with Gasteiger partial charge in [0.1, 0.15) is 0 Å². The van der Waals surface area contributed by atoms with Crippen molar-refractivity contribution in [1.29, 1.82) is 0 Å². The third-order valence-electron chi connectivity index (χ3n) is 1.37. The molecule has 0 bridgehead atoms. The van der Waals surface area contributed by atoms with Crippen molar-refractivity contribution in [3.63, 3.8) is 0 Å². The van der Waals surface area contributed by atoms with Crippen LogP contribution in [0.25, 0.3) is 0 Å². The van der Waals surface area contributed by atoms with Crippen LogP contribution >= 0.6 is 11.8 Å². The Morgan fingerprint density at radius 1 is 0.818 bits per heavy atom. The summed E-state index contributed by atoms with van der Waals surface area (Å²) in [5.74, 6) is 2.50. The first-order valence-corrected chi connectivity index (χ1v) is 5.15. The van der Waals surface area contributed by atoms with Crippen LogP contribution in [-0.4, -0.2) is 62.6 Å². The van der Waals surface area contributed by atoms with Crippen molar-refractivity contribution in [3.05, 3.63) is 0 Å². The quantitative estimate of drug-likeness (QED) is 0.554. The van der Waals surface area contributed by atoms with Gasteiger partial charge in [0.2, 0.25) is 0 Å². The highest BCUT2D eigenvalue weighted by atomic mass is 32.2. The summed E-state index contributed by atoms with van der Waals surface area (Å²) >= 11 is 2.03. The molecule has 0 aliphatic rings. The highest BCUT2D eigenvalue weighted by Gasteiger charge is 1.92. The lowest BCUT2D eigenvalue weighted by Gasteiger charge is -2.10. The number of thioether (sulfide) groups is 1. The third-order valence-corrected chi connectivity index (χ3v) is 2.31. The minimum absolute atomic E-state index is 1.19. The van der Waals surface area contributed by atoms with E-state index in [2.05, 4.69) is 38.0 Å². The number of hydrogen-bond acceptors (Lipinski definition) is 3. The Kier molecular flexibility index (Phi) is 7.12. The SMILES string of the molecule is CN(C)CCSCCN(C)C. The Balaban J connectivity index is 2.91. The van der Waals surface area contributed by atoms with Crippen molar-refractivity contribution in [3.8, 4) is 0 Å². The molecule has 0 radical (unpaired) electrons. The van der Waals surface area contributed by atoms with E-state index in [0.29, 0.717) is 0 Å². The van der Waals surface area contributed by atoms with E-state index in [4.69, 9.17) is 0 Å². The van der Waals surface area contributed by atoms with Gasteiger partial charge in [-0.05, 0) is 28.2 Å². The molecule has 0 saturated heterocycles. The van der Waals surface area contributed by atoms with E-state index in [-0.39, 0.29) is 0 Å². The van der Waals surface area contributed by atoms with Crippen LogP contribution in [0.2, 0.25) is 0 Å². The average molecular weight is 176 g/mol. The molecule has 68 valence electrons. The Morgan fingerprint density at radius 2 is 1.18 bits per heavy atom. The Labute approximate surface area is 74.9 Å². The number of nitrogens with zero attached hydrogens (tertiary/aromatic N) is 2. The average Bonchev–Trinajstić information content (AvgIpc) is 1.85. The maximum Gasteiger partial charge on any atom is 0.00662 e. The van der Waals surface area contributed by atoms with Gasteiger partial charge in [-0.15, -0.1) is 0 Å². The normalized spacial score (nSPS) is 11.5. The smallest absolute Gasteiger partial charge is 0.00662 e. The molecule has 0 aliphatic carbocycles. The van der Waals surface area contributed by atoms with Gasteiger partial charge in [-0.3, -0.25) is 0 Å². The Morgan fingerprint density at radius 3 is 1.45 bits per heavy atom. The summed E-state index contributed by atoms with van der Waals surface area (Å²) in [4.78, 5) is 4.45. The lowest BCUT2D eigenvalue weighted by atomic mass is 10.7. The highest BCUT2D eigenvalue weighted by molar-refractivity contribution is 7.99. The zero-order valence-corrected chi connectivity index (χ0v) is 8.95. The van der Waals surface area contributed by atoms with Crippen molar-refractivity contribution >= 4 is 11.8 Å². The monoisotopic (exact) mass is 176 g/mol. The van der Waals surface area contributed by atoms with E-state index >= 15 is 0 Å². The molecular formula is C8H20N2S. The molecule has 2 nitrogen and oxygen atoms in total. The van der Waals surface area contributed by atoms with E-state index in [1.165, 1.54) is 24.6 Å². The highest BCUT2D eigenvalue weighted by Crippen LogP contribution is 1.99. The largest absolute Gasteiger partial charge is 0.309 e. The van der Waals surface area contributed by atoms with Crippen molar-refractivity contribution in [2.24, 2.45) is 0 Å². The minimum Gasteiger partial charge on any atom is -0.309 e. The van der Waals surface area contributed by atoms with Gasteiger partial charge in [0.15, 0.2) is 0 Å². The molecular weight excluding hydrogens is 156 g/mol. The summed E-state index contributed by atoms with van der Waals surface area (Å²) in [5, 5.41) is 0. The van der Waals surface area contributed by atoms with Gasteiger partial charge in [-0.1, -0.05) is 0 Å². The second-order valence-corrected chi connectivity index (χ2v) is 4.44. The van der Waals surface area contributed by atoms with Gasteiger partial charge in [0.25, 0.3) is 0 Å². The first kappa shape index (κ1) is 11.3. The van der Waals surface area contributed by atoms with Crippen molar-refractivity contribution in [2.75, 3.05) is 52.8 Å². The van der Waals surface area contributed by atoms with Crippen LogP contribution in [0.3, 0.4) is 0 Å². The van der Waals surface area contributed by atoms with E-state index in [1.54, 1.807) is 0 Å². The lowest BCUT2D eigenvalue weighted by molar-refractivity contribution is 0.432. The molecule has 0 spiro atoms. The summed E-state index contributed by atoms with van der Waals surface area (Å²) in [6, 6.07) is 0. The van der Waals surface area contributed by atoms with Gasteiger partial charge in [0, 0.05) is 24.6 Å².